The molecule has 1 unspecified atom stereocenters. The summed E-state index contributed by atoms with van der Waals surface area (Å²) in [5.74, 6) is 1.24. The van der Waals surface area contributed by atoms with E-state index >= 15 is 0 Å². The molecular formula is C16H24N4O. The van der Waals surface area contributed by atoms with Gasteiger partial charge in [0.05, 0.1) is 5.41 Å². The van der Waals surface area contributed by atoms with E-state index in [1.807, 2.05) is 25.2 Å². The molecule has 1 aromatic rings. The first-order chi connectivity index (χ1) is 10.1. The molecule has 1 atom stereocenters. The molecule has 2 fully saturated rings. The van der Waals surface area contributed by atoms with E-state index < -0.39 is 0 Å². The minimum absolute atomic E-state index is 0.130. The number of likely N-dealkylation sites (tertiary alicyclic amines) is 1. The highest BCUT2D eigenvalue weighted by Crippen LogP contribution is 2.37. The van der Waals surface area contributed by atoms with Crippen molar-refractivity contribution in [2.24, 2.45) is 5.41 Å². The van der Waals surface area contributed by atoms with Crippen LogP contribution < -0.4 is 10.2 Å². The number of nitrogens with zero attached hydrogens (tertiary/aromatic N) is 3. The van der Waals surface area contributed by atoms with Gasteiger partial charge in [0.1, 0.15) is 5.82 Å². The van der Waals surface area contributed by atoms with Gasteiger partial charge in [-0.15, -0.1) is 0 Å². The van der Waals surface area contributed by atoms with Gasteiger partial charge in [0.2, 0.25) is 5.91 Å². The lowest BCUT2D eigenvalue weighted by Gasteiger charge is -2.32. The van der Waals surface area contributed by atoms with Crippen LogP contribution in [-0.2, 0) is 11.3 Å². The Morgan fingerprint density at radius 1 is 1.38 bits per heavy atom. The summed E-state index contributed by atoms with van der Waals surface area (Å²) in [7, 11) is 3.99. The molecule has 1 N–H and O–H groups in total. The molecule has 1 aromatic heterocycles. The van der Waals surface area contributed by atoms with Gasteiger partial charge in [-0.2, -0.15) is 0 Å². The van der Waals surface area contributed by atoms with E-state index in [1.165, 1.54) is 5.56 Å². The molecule has 3 heterocycles. The third kappa shape index (κ3) is 2.88. The van der Waals surface area contributed by atoms with Crippen LogP contribution in [0.4, 0.5) is 5.82 Å². The quantitative estimate of drug-likeness (QED) is 0.909. The zero-order chi connectivity index (χ0) is 14.9. The highest BCUT2D eigenvalue weighted by atomic mass is 16.2. The molecule has 2 aliphatic rings. The lowest BCUT2D eigenvalue weighted by molar-refractivity contribution is -0.132. The Hall–Kier alpha value is -1.62. The number of piperidine rings is 1. The third-order valence-corrected chi connectivity index (χ3v) is 4.71. The van der Waals surface area contributed by atoms with Gasteiger partial charge >= 0.3 is 0 Å². The second kappa shape index (κ2) is 5.64. The number of pyridine rings is 1. The maximum absolute atomic E-state index is 12.2. The van der Waals surface area contributed by atoms with Crippen LogP contribution in [0.3, 0.4) is 0 Å². The van der Waals surface area contributed by atoms with Gasteiger partial charge in [0.25, 0.3) is 0 Å². The van der Waals surface area contributed by atoms with Crippen molar-refractivity contribution in [3.8, 4) is 0 Å². The minimum atomic E-state index is -0.130. The summed E-state index contributed by atoms with van der Waals surface area (Å²) in [6.45, 7) is 3.61. The first kappa shape index (κ1) is 14.3. The van der Waals surface area contributed by atoms with Gasteiger partial charge in [0.15, 0.2) is 0 Å². The number of carbonyl (C=O) groups excluding carboxylic acids is 1. The van der Waals surface area contributed by atoms with E-state index in [1.54, 1.807) is 0 Å². The molecule has 3 rings (SSSR count). The molecule has 0 aliphatic carbocycles. The molecule has 5 nitrogen and oxygen atoms in total. The Morgan fingerprint density at radius 3 is 2.90 bits per heavy atom. The number of nitrogens with one attached hydrogen (secondary N) is 1. The number of carbonyl (C=O) groups is 1. The van der Waals surface area contributed by atoms with E-state index in [-0.39, 0.29) is 11.3 Å². The fraction of sp³-hybridized carbons (Fsp3) is 0.625. The van der Waals surface area contributed by atoms with Crippen molar-refractivity contribution >= 4 is 11.7 Å². The van der Waals surface area contributed by atoms with Crippen LogP contribution in [0, 0.1) is 5.41 Å². The molecule has 2 aliphatic heterocycles. The normalized spacial score (nSPS) is 26.1. The highest BCUT2D eigenvalue weighted by molar-refractivity contribution is 5.83. The first-order valence-electron chi connectivity index (χ1n) is 7.72. The molecule has 0 bridgehead atoms. The average Bonchev–Trinajstić information content (AvgIpc) is 2.87. The van der Waals surface area contributed by atoms with Gasteiger partial charge in [-0.25, -0.2) is 4.98 Å². The van der Waals surface area contributed by atoms with Crippen molar-refractivity contribution in [1.82, 2.24) is 15.2 Å². The standard InChI is InChI=1S/C16H24N4O/c1-19(2)14-5-4-13(10-18-14)11-20-9-7-16(12-20)6-3-8-17-15(16)21/h4-5,10H,3,6-9,11-12H2,1-2H3,(H,17,21). The lowest BCUT2D eigenvalue weighted by atomic mass is 9.79. The Kier molecular flexibility index (Phi) is 3.85. The first-order valence-corrected chi connectivity index (χ1v) is 7.72. The van der Waals surface area contributed by atoms with Crippen molar-refractivity contribution in [2.75, 3.05) is 38.6 Å². The predicted molar refractivity (Wildman–Crippen MR) is 83.1 cm³/mol. The number of amides is 1. The monoisotopic (exact) mass is 288 g/mol. The number of aromatic nitrogens is 1. The van der Waals surface area contributed by atoms with Crippen molar-refractivity contribution in [2.45, 2.75) is 25.8 Å². The summed E-state index contributed by atoms with van der Waals surface area (Å²) < 4.78 is 0. The summed E-state index contributed by atoms with van der Waals surface area (Å²) in [6, 6.07) is 4.18. The topological polar surface area (TPSA) is 48.5 Å². The van der Waals surface area contributed by atoms with E-state index in [2.05, 4.69) is 27.3 Å². The molecule has 2 saturated heterocycles. The molecule has 1 spiro atoms. The molecule has 21 heavy (non-hydrogen) atoms. The summed E-state index contributed by atoms with van der Waals surface area (Å²) in [4.78, 5) is 21.0. The predicted octanol–water partition coefficient (Wildman–Crippen LogP) is 1.25. The fourth-order valence-electron chi connectivity index (χ4n) is 3.45. The van der Waals surface area contributed by atoms with Crippen LogP contribution in [0.25, 0.3) is 0 Å². The Balaban J connectivity index is 1.63. The molecule has 0 aromatic carbocycles. The average molecular weight is 288 g/mol. The highest BCUT2D eigenvalue weighted by Gasteiger charge is 2.45. The van der Waals surface area contributed by atoms with E-state index in [4.69, 9.17) is 0 Å². The number of anilines is 1. The lowest BCUT2D eigenvalue weighted by Crippen LogP contribution is -2.47. The van der Waals surface area contributed by atoms with Gasteiger partial charge < -0.3 is 10.2 Å². The van der Waals surface area contributed by atoms with Gasteiger partial charge in [-0.1, -0.05) is 6.07 Å². The number of hydrogen-bond donors (Lipinski definition) is 1. The van der Waals surface area contributed by atoms with Crippen molar-refractivity contribution in [1.29, 1.82) is 0 Å². The van der Waals surface area contributed by atoms with Crippen LogP contribution in [0.2, 0.25) is 0 Å². The maximum atomic E-state index is 12.2. The zero-order valence-electron chi connectivity index (χ0n) is 12.9. The molecule has 0 saturated carbocycles. The van der Waals surface area contributed by atoms with Crippen LogP contribution >= 0.6 is 0 Å². The maximum Gasteiger partial charge on any atom is 0.227 e. The van der Waals surface area contributed by atoms with Crippen LogP contribution in [0.5, 0.6) is 0 Å². The van der Waals surface area contributed by atoms with Crippen LogP contribution in [0.1, 0.15) is 24.8 Å². The number of hydrogen-bond acceptors (Lipinski definition) is 4. The molecule has 1 amide bonds. The van der Waals surface area contributed by atoms with Gasteiger partial charge in [-0.3, -0.25) is 9.69 Å². The number of rotatable bonds is 3. The van der Waals surface area contributed by atoms with E-state index in [0.29, 0.717) is 0 Å². The van der Waals surface area contributed by atoms with Crippen molar-refractivity contribution in [3.63, 3.8) is 0 Å². The fourth-order valence-corrected chi connectivity index (χ4v) is 3.45. The molecule has 5 heteroatoms. The Bertz CT molecular complexity index is 514. The van der Waals surface area contributed by atoms with Crippen LogP contribution in [-0.4, -0.2) is 49.5 Å². The summed E-state index contributed by atoms with van der Waals surface area (Å²) in [5.41, 5.74) is 1.09. The summed E-state index contributed by atoms with van der Waals surface area (Å²) >= 11 is 0. The molecular weight excluding hydrogens is 264 g/mol. The second-order valence-electron chi connectivity index (χ2n) is 6.52. The SMILES string of the molecule is CN(C)c1ccc(CN2CCC3(CCCNC3=O)C2)cn1. The van der Waals surface area contributed by atoms with Crippen molar-refractivity contribution < 1.29 is 4.79 Å². The summed E-state index contributed by atoms with van der Waals surface area (Å²) in [6.07, 6.45) is 5.08. The summed E-state index contributed by atoms with van der Waals surface area (Å²) in [5, 5.41) is 3.04. The molecule has 114 valence electrons. The largest absolute Gasteiger partial charge is 0.363 e. The van der Waals surface area contributed by atoms with Crippen molar-refractivity contribution in [3.05, 3.63) is 23.9 Å². The van der Waals surface area contributed by atoms with Gasteiger partial charge in [0, 0.05) is 39.9 Å². The minimum Gasteiger partial charge on any atom is -0.363 e. The Morgan fingerprint density at radius 2 is 2.24 bits per heavy atom. The zero-order valence-corrected chi connectivity index (χ0v) is 12.9. The Labute approximate surface area is 126 Å². The van der Waals surface area contributed by atoms with Gasteiger partial charge in [-0.05, 0) is 37.4 Å². The third-order valence-electron chi connectivity index (χ3n) is 4.71. The van der Waals surface area contributed by atoms with E-state index in [0.717, 1.165) is 51.3 Å². The van der Waals surface area contributed by atoms with E-state index in [9.17, 15) is 4.79 Å². The smallest absolute Gasteiger partial charge is 0.227 e. The second-order valence-corrected chi connectivity index (χ2v) is 6.52. The molecule has 0 radical (unpaired) electrons. The van der Waals surface area contributed by atoms with Crippen LogP contribution in [0.15, 0.2) is 18.3 Å².